The van der Waals surface area contributed by atoms with E-state index in [1.165, 1.54) is 7.11 Å². The lowest BCUT2D eigenvalue weighted by Gasteiger charge is -2.17. The van der Waals surface area contributed by atoms with Gasteiger partial charge in [-0.05, 0) is 37.3 Å². The van der Waals surface area contributed by atoms with Crippen LogP contribution in [0.25, 0.3) is 0 Å². The molecule has 18 heavy (non-hydrogen) atoms. The third-order valence-electron chi connectivity index (χ3n) is 3.04. The molecule has 0 aliphatic heterocycles. The Morgan fingerprint density at radius 3 is 2.83 bits per heavy atom. The van der Waals surface area contributed by atoms with E-state index in [0.29, 0.717) is 12.0 Å². The summed E-state index contributed by atoms with van der Waals surface area (Å²) in [6, 6.07) is 1.91. The molecule has 1 aromatic heterocycles. The fourth-order valence-electron chi connectivity index (χ4n) is 2.05. The number of carbonyl (C=O) groups is 2. The topological polar surface area (TPSA) is 56.3 Å². The van der Waals surface area contributed by atoms with Gasteiger partial charge in [0.2, 0.25) is 0 Å². The fraction of sp³-hybridized carbons (Fsp3) is 0.500. The van der Waals surface area contributed by atoms with Gasteiger partial charge in [-0.1, -0.05) is 6.92 Å². The monoisotopic (exact) mass is 249 g/mol. The number of rotatable bonds is 6. The lowest BCUT2D eigenvalue weighted by molar-refractivity contribution is -0.108. The van der Waals surface area contributed by atoms with Crippen LogP contribution in [0.1, 0.15) is 53.7 Å². The molecule has 0 N–H and O–H groups in total. The van der Waals surface area contributed by atoms with E-state index in [0.717, 1.165) is 30.4 Å². The van der Waals surface area contributed by atoms with Crippen molar-refractivity contribution >= 4 is 12.3 Å². The zero-order valence-electron chi connectivity index (χ0n) is 11.1. The molecule has 0 amide bonds. The second-order valence-corrected chi connectivity index (χ2v) is 4.25. The smallest absolute Gasteiger partial charge is 0.339 e. The Hall–Kier alpha value is -1.71. The van der Waals surface area contributed by atoms with Gasteiger partial charge < -0.3 is 9.53 Å². The summed E-state index contributed by atoms with van der Waals surface area (Å²) in [7, 11) is 1.36. The van der Waals surface area contributed by atoms with E-state index in [1.807, 2.05) is 19.9 Å². The zero-order valence-corrected chi connectivity index (χ0v) is 11.1. The van der Waals surface area contributed by atoms with Crippen LogP contribution in [0.2, 0.25) is 0 Å². The van der Waals surface area contributed by atoms with Crippen LogP contribution in [0.15, 0.2) is 12.3 Å². The van der Waals surface area contributed by atoms with Crippen molar-refractivity contribution in [2.45, 2.75) is 39.0 Å². The van der Waals surface area contributed by atoms with Crippen LogP contribution in [-0.2, 0) is 9.53 Å². The largest absolute Gasteiger partial charge is 0.465 e. The number of methoxy groups -OCH3 is 1. The fourth-order valence-corrected chi connectivity index (χ4v) is 2.05. The molecule has 0 saturated carbocycles. The van der Waals surface area contributed by atoms with E-state index in [2.05, 4.69) is 4.98 Å². The number of esters is 1. The van der Waals surface area contributed by atoms with Crippen LogP contribution < -0.4 is 0 Å². The van der Waals surface area contributed by atoms with Gasteiger partial charge in [-0.25, -0.2) is 4.79 Å². The van der Waals surface area contributed by atoms with Crippen molar-refractivity contribution in [3.05, 3.63) is 29.1 Å². The summed E-state index contributed by atoms with van der Waals surface area (Å²) in [5, 5.41) is 0. The predicted molar refractivity (Wildman–Crippen MR) is 68.6 cm³/mol. The van der Waals surface area contributed by atoms with Crippen molar-refractivity contribution in [2.24, 2.45) is 0 Å². The molecule has 1 unspecified atom stereocenters. The summed E-state index contributed by atoms with van der Waals surface area (Å²) >= 11 is 0. The molecule has 0 bridgehead atoms. The van der Waals surface area contributed by atoms with Gasteiger partial charge in [0.1, 0.15) is 6.29 Å². The minimum Gasteiger partial charge on any atom is -0.465 e. The molecule has 0 aliphatic carbocycles. The number of hydrogen-bond donors (Lipinski definition) is 0. The van der Waals surface area contributed by atoms with Crippen molar-refractivity contribution in [3.63, 3.8) is 0 Å². The van der Waals surface area contributed by atoms with Crippen molar-refractivity contribution in [2.75, 3.05) is 7.11 Å². The summed E-state index contributed by atoms with van der Waals surface area (Å²) < 4.78 is 4.77. The molecule has 0 fully saturated rings. The van der Waals surface area contributed by atoms with Crippen LogP contribution >= 0.6 is 0 Å². The molecule has 0 aromatic carbocycles. The average molecular weight is 249 g/mol. The minimum absolute atomic E-state index is 0.186. The average Bonchev–Trinajstić information content (AvgIpc) is 2.39. The minimum atomic E-state index is -0.373. The number of nitrogens with zero attached hydrogens (tertiary/aromatic N) is 1. The van der Waals surface area contributed by atoms with Crippen molar-refractivity contribution in [3.8, 4) is 0 Å². The van der Waals surface area contributed by atoms with E-state index in [1.54, 1.807) is 6.20 Å². The van der Waals surface area contributed by atoms with Gasteiger partial charge in [0.25, 0.3) is 0 Å². The van der Waals surface area contributed by atoms with Crippen LogP contribution in [0.5, 0.6) is 0 Å². The lowest BCUT2D eigenvalue weighted by Crippen LogP contribution is -2.11. The SMILES string of the molecule is CCC(CCC=O)c1cc(C)ncc1C(=O)OC. The van der Waals surface area contributed by atoms with Crippen molar-refractivity contribution in [1.29, 1.82) is 0 Å². The van der Waals surface area contributed by atoms with Gasteiger partial charge >= 0.3 is 5.97 Å². The van der Waals surface area contributed by atoms with Gasteiger partial charge in [0.05, 0.1) is 12.7 Å². The molecule has 4 nitrogen and oxygen atoms in total. The first kappa shape index (κ1) is 14.4. The molecule has 4 heteroatoms. The highest BCUT2D eigenvalue weighted by Crippen LogP contribution is 2.28. The molecule has 0 aliphatic rings. The summed E-state index contributed by atoms with van der Waals surface area (Å²) in [5.74, 6) is -0.187. The number of hydrogen-bond acceptors (Lipinski definition) is 4. The normalized spacial score (nSPS) is 11.9. The van der Waals surface area contributed by atoms with Crippen LogP contribution in [-0.4, -0.2) is 24.3 Å². The molecule has 1 aromatic rings. The summed E-state index contributed by atoms with van der Waals surface area (Å²) in [5.41, 5.74) is 2.29. The zero-order chi connectivity index (χ0) is 13.5. The first-order chi connectivity index (χ1) is 8.63. The van der Waals surface area contributed by atoms with Gasteiger partial charge in [-0.3, -0.25) is 4.98 Å². The lowest BCUT2D eigenvalue weighted by atomic mass is 9.89. The molecule has 1 atom stereocenters. The predicted octanol–water partition coefficient (Wildman–Crippen LogP) is 2.65. The van der Waals surface area contributed by atoms with E-state index in [-0.39, 0.29) is 11.9 Å². The van der Waals surface area contributed by atoms with Gasteiger partial charge in [-0.2, -0.15) is 0 Å². The molecule has 0 spiro atoms. The molecular formula is C14H19NO3. The maximum Gasteiger partial charge on any atom is 0.339 e. The van der Waals surface area contributed by atoms with Gasteiger partial charge in [0.15, 0.2) is 0 Å². The number of aromatic nitrogens is 1. The first-order valence-corrected chi connectivity index (χ1v) is 6.12. The Bertz CT molecular complexity index is 429. The third kappa shape index (κ3) is 3.39. The Morgan fingerprint density at radius 1 is 1.56 bits per heavy atom. The third-order valence-corrected chi connectivity index (χ3v) is 3.04. The Morgan fingerprint density at radius 2 is 2.28 bits per heavy atom. The number of aryl methyl sites for hydroxylation is 1. The highest BCUT2D eigenvalue weighted by Gasteiger charge is 2.19. The number of aldehydes is 1. The first-order valence-electron chi connectivity index (χ1n) is 6.12. The quantitative estimate of drug-likeness (QED) is 0.574. The maximum absolute atomic E-state index is 11.7. The van der Waals surface area contributed by atoms with Gasteiger partial charge in [-0.15, -0.1) is 0 Å². The second kappa shape index (κ2) is 6.89. The summed E-state index contributed by atoms with van der Waals surface area (Å²) in [6.07, 6.45) is 4.59. The van der Waals surface area contributed by atoms with Crippen molar-refractivity contribution in [1.82, 2.24) is 4.98 Å². The van der Waals surface area contributed by atoms with Crippen LogP contribution in [0.4, 0.5) is 0 Å². The second-order valence-electron chi connectivity index (χ2n) is 4.25. The summed E-state index contributed by atoms with van der Waals surface area (Å²) in [6.45, 7) is 3.93. The molecule has 0 saturated heterocycles. The molecular weight excluding hydrogens is 230 g/mol. The van der Waals surface area contributed by atoms with Gasteiger partial charge in [0, 0.05) is 18.3 Å². The Labute approximate surface area is 107 Å². The van der Waals surface area contributed by atoms with E-state index in [9.17, 15) is 9.59 Å². The number of carbonyl (C=O) groups excluding carboxylic acids is 2. The van der Waals surface area contributed by atoms with Crippen LogP contribution in [0.3, 0.4) is 0 Å². The van der Waals surface area contributed by atoms with E-state index < -0.39 is 0 Å². The molecule has 1 rings (SSSR count). The highest BCUT2D eigenvalue weighted by molar-refractivity contribution is 5.90. The maximum atomic E-state index is 11.7. The molecule has 0 radical (unpaired) electrons. The Kier molecular flexibility index (Phi) is 5.49. The molecule has 1 heterocycles. The molecule has 98 valence electrons. The Balaban J connectivity index is 3.13. The van der Waals surface area contributed by atoms with E-state index >= 15 is 0 Å². The standard InChI is InChI=1S/C14H19NO3/c1-4-11(6-5-7-16)12-8-10(2)15-9-13(12)14(17)18-3/h7-9,11H,4-6H2,1-3H3. The van der Waals surface area contributed by atoms with Crippen LogP contribution in [0, 0.1) is 6.92 Å². The number of ether oxygens (including phenoxy) is 1. The number of pyridine rings is 1. The highest BCUT2D eigenvalue weighted by atomic mass is 16.5. The van der Waals surface area contributed by atoms with Crippen molar-refractivity contribution < 1.29 is 14.3 Å². The van der Waals surface area contributed by atoms with E-state index in [4.69, 9.17) is 4.74 Å². The summed E-state index contributed by atoms with van der Waals surface area (Å²) in [4.78, 5) is 26.3.